The normalized spacial score (nSPS) is 15.8. The van der Waals surface area contributed by atoms with Crippen molar-refractivity contribution in [3.63, 3.8) is 0 Å². The van der Waals surface area contributed by atoms with Crippen molar-refractivity contribution in [2.24, 2.45) is 17.4 Å². The third kappa shape index (κ3) is 6.74. The molecule has 0 bridgehead atoms. The van der Waals surface area contributed by atoms with Gasteiger partial charge in [-0.25, -0.2) is 0 Å². The van der Waals surface area contributed by atoms with Gasteiger partial charge in [0.05, 0.1) is 0 Å². The highest BCUT2D eigenvalue weighted by atomic mass is 19.4. The number of hydrogen-bond acceptors (Lipinski definition) is 2. The van der Waals surface area contributed by atoms with Crippen molar-refractivity contribution in [3.8, 4) is 0 Å². The molecule has 2 nitrogen and oxygen atoms in total. The van der Waals surface area contributed by atoms with E-state index in [9.17, 15) is 13.2 Å². The van der Waals surface area contributed by atoms with Crippen molar-refractivity contribution >= 4 is 0 Å². The fourth-order valence-corrected chi connectivity index (χ4v) is 1.66. The summed E-state index contributed by atoms with van der Waals surface area (Å²) in [6.45, 7) is 13.8. The molecule has 23 heavy (non-hydrogen) atoms. The highest BCUT2D eigenvalue weighted by Gasteiger charge is 2.42. The molecule has 0 amide bonds. The van der Waals surface area contributed by atoms with E-state index in [1.165, 1.54) is 36.5 Å². The van der Waals surface area contributed by atoms with Gasteiger partial charge in [-0.05, 0) is 35.5 Å². The number of halogens is 3. The summed E-state index contributed by atoms with van der Waals surface area (Å²) in [5, 5.41) is 0. The highest BCUT2D eigenvalue weighted by molar-refractivity contribution is 5.40. The second-order valence-corrected chi connectivity index (χ2v) is 4.46. The van der Waals surface area contributed by atoms with Crippen LogP contribution >= 0.6 is 0 Å². The summed E-state index contributed by atoms with van der Waals surface area (Å²) in [7, 11) is 0. The van der Waals surface area contributed by atoms with Gasteiger partial charge < -0.3 is 11.5 Å². The average molecular weight is 322 g/mol. The van der Waals surface area contributed by atoms with E-state index >= 15 is 0 Å². The Morgan fingerprint density at radius 2 is 1.04 bits per heavy atom. The smallest absolute Gasteiger partial charge is 0.399 e. The predicted octanol–water partition coefficient (Wildman–Crippen LogP) is 4.45. The first-order valence-electron chi connectivity index (χ1n) is 6.62. The number of rotatable bonds is 8. The second-order valence-electron chi connectivity index (χ2n) is 4.46. The maximum atomic E-state index is 13.5. The van der Waals surface area contributed by atoms with E-state index in [1.807, 2.05) is 0 Å². The summed E-state index contributed by atoms with van der Waals surface area (Å²) in [5.74, 6) is -1.90. The van der Waals surface area contributed by atoms with Crippen LogP contribution in [0, 0.1) is 5.92 Å². The molecule has 0 aromatic heterocycles. The van der Waals surface area contributed by atoms with Gasteiger partial charge in [0.15, 0.2) is 0 Å². The molecule has 0 unspecified atom stereocenters. The van der Waals surface area contributed by atoms with E-state index in [0.717, 1.165) is 12.2 Å². The zero-order chi connectivity index (χ0) is 18.0. The Morgan fingerprint density at radius 1 is 0.696 bits per heavy atom. The third-order valence-corrected chi connectivity index (χ3v) is 2.87. The van der Waals surface area contributed by atoms with Crippen molar-refractivity contribution in [3.05, 3.63) is 97.5 Å². The zero-order valence-corrected chi connectivity index (χ0v) is 12.8. The van der Waals surface area contributed by atoms with E-state index in [1.54, 1.807) is 0 Å². The number of nitrogens with two attached hydrogens (primary N) is 2. The largest absolute Gasteiger partial charge is 0.399 e. The first-order valence-corrected chi connectivity index (χ1v) is 6.62. The minimum atomic E-state index is -4.53. The molecule has 0 heterocycles. The van der Waals surface area contributed by atoms with Crippen molar-refractivity contribution in [2.75, 3.05) is 0 Å². The Kier molecular flexibility index (Phi) is 8.26. The first kappa shape index (κ1) is 20.3. The third-order valence-electron chi connectivity index (χ3n) is 2.87. The lowest BCUT2D eigenvalue weighted by molar-refractivity contribution is -0.152. The standard InChI is InChI=1S/C18H21F3N2/c1-5-13(9-11-15(22)7-3)17(18(19,20)21)14(6-2)10-12-16(23)8-4/h5-12,17H,1-4,22-23H2/b13-9+,14-10+,15-11+,16-12+. The van der Waals surface area contributed by atoms with Crippen LogP contribution in [0.1, 0.15) is 0 Å². The van der Waals surface area contributed by atoms with Crippen LogP contribution < -0.4 is 11.5 Å². The highest BCUT2D eigenvalue weighted by Crippen LogP contribution is 2.38. The summed E-state index contributed by atoms with van der Waals surface area (Å²) in [6, 6.07) is 0. The van der Waals surface area contributed by atoms with Gasteiger partial charge in [-0.1, -0.05) is 50.6 Å². The van der Waals surface area contributed by atoms with Crippen LogP contribution in [0.2, 0.25) is 0 Å². The Labute approximate surface area is 135 Å². The molecule has 0 aromatic rings. The molecular weight excluding hydrogens is 301 g/mol. The van der Waals surface area contributed by atoms with Gasteiger partial charge in [0.25, 0.3) is 0 Å². The van der Waals surface area contributed by atoms with Crippen LogP contribution in [0.4, 0.5) is 13.2 Å². The maximum absolute atomic E-state index is 13.5. The molecule has 5 heteroatoms. The van der Waals surface area contributed by atoms with Gasteiger partial charge in [0, 0.05) is 11.4 Å². The van der Waals surface area contributed by atoms with Gasteiger partial charge in [0.2, 0.25) is 0 Å². The monoisotopic (exact) mass is 322 g/mol. The Hall–Kier alpha value is -2.69. The Morgan fingerprint density at radius 3 is 1.26 bits per heavy atom. The van der Waals surface area contributed by atoms with Gasteiger partial charge in [-0.2, -0.15) is 13.2 Å². The summed E-state index contributed by atoms with van der Waals surface area (Å²) in [4.78, 5) is 0. The predicted molar refractivity (Wildman–Crippen MR) is 91.0 cm³/mol. The van der Waals surface area contributed by atoms with Gasteiger partial charge in [-0.3, -0.25) is 0 Å². The molecule has 124 valence electrons. The van der Waals surface area contributed by atoms with Gasteiger partial charge >= 0.3 is 6.18 Å². The summed E-state index contributed by atoms with van der Waals surface area (Å²) < 4.78 is 40.5. The van der Waals surface area contributed by atoms with Crippen LogP contribution in [0.25, 0.3) is 0 Å². The molecule has 0 saturated carbocycles. The minimum Gasteiger partial charge on any atom is -0.399 e. The maximum Gasteiger partial charge on any atom is 0.399 e. The molecule has 0 rings (SSSR count). The number of alkyl halides is 3. The minimum absolute atomic E-state index is 0.0703. The second kappa shape index (κ2) is 9.35. The van der Waals surface area contributed by atoms with Crippen LogP contribution in [0.15, 0.2) is 97.5 Å². The molecule has 0 radical (unpaired) electrons. The average Bonchev–Trinajstić information content (AvgIpc) is 2.51. The fraction of sp³-hybridized carbons (Fsp3) is 0.111. The first-order chi connectivity index (χ1) is 10.7. The van der Waals surface area contributed by atoms with E-state index in [-0.39, 0.29) is 22.5 Å². The van der Waals surface area contributed by atoms with Gasteiger partial charge in [-0.15, -0.1) is 0 Å². The van der Waals surface area contributed by atoms with Crippen molar-refractivity contribution < 1.29 is 13.2 Å². The zero-order valence-electron chi connectivity index (χ0n) is 12.8. The lowest BCUT2D eigenvalue weighted by Gasteiger charge is -2.22. The molecule has 0 aliphatic heterocycles. The number of allylic oxidation sites excluding steroid dienone is 10. The summed E-state index contributed by atoms with van der Waals surface area (Å²) >= 11 is 0. The Balaban J connectivity index is 6.12. The van der Waals surface area contributed by atoms with E-state index in [2.05, 4.69) is 26.3 Å². The molecule has 4 N–H and O–H groups in total. The molecule has 0 atom stereocenters. The van der Waals surface area contributed by atoms with E-state index in [4.69, 9.17) is 11.5 Å². The number of hydrogen-bond donors (Lipinski definition) is 2. The van der Waals surface area contributed by atoms with Crippen molar-refractivity contribution in [2.45, 2.75) is 6.18 Å². The molecule has 0 aromatic carbocycles. The van der Waals surface area contributed by atoms with Crippen LogP contribution in [0.3, 0.4) is 0 Å². The van der Waals surface area contributed by atoms with Crippen molar-refractivity contribution in [1.29, 1.82) is 0 Å². The Bertz CT molecular complexity index is 542. The lowest BCUT2D eigenvalue weighted by atomic mass is 9.89. The quantitative estimate of drug-likeness (QED) is 0.649. The molecule has 0 aliphatic carbocycles. The molecule has 0 spiro atoms. The fourth-order valence-electron chi connectivity index (χ4n) is 1.66. The summed E-state index contributed by atoms with van der Waals surface area (Å²) in [5.41, 5.74) is 11.4. The van der Waals surface area contributed by atoms with Crippen LogP contribution in [0.5, 0.6) is 0 Å². The molecule has 0 aliphatic rings. The molecular formula is C18H21F3N2. The SMILES string of the molecule is C=C/C(N)=C\C=C(/C=C)C(/C(C=C)=C/C=C(/N)C=C)C(F)(F)F. The molecule has 0 saturated heterocycles. The lowest BCUT2D eigenvalue weighted by Crippen LogP contribution is -2.25. The topological polar surface area (TPSA) is 52.0 Å². The summed E-state index contributed by atoms with van der Waals surface area (Å²) in [6.07, 6.45) is 5.55. The van der Waals surface area contributed by atoms with Gasteiger partial charge in [0.1, 0.15) is 5.92 Å². The molecule has 0 fully saturated rings. The van der Waals surface area contributed by atoms with E-state index in [0.29, 0.717) is 0 Å². The van der Waals surface area contributed by atoms with Crippen LogP contribution in [-0.2, 0) is 0 Å². The van der Waals surface area contributed by atoms with E-state index < -0.39 is 12.1 Å². The van der Waals surface area contributed by atoms with Crippen LogP contribution in [-0.4, -0.2) is 6.18 Å². The van der Waals surface area contributed by atoms with Crippen molar-refractivity contribution in [1.82, 2.24) is 0 Å².